The maximum absolute atomic E-state index is 11.5. The molecule has 0 atom stereocenters. The van der Waals surface area contributed by atoms with Gasteiger partial charge in [0, 0.05) is 38.2 Å². The lowest BCUT2D eigenvalue weighted by Crippen LogP contribution is -2.46. The van der Waals surface area contributed by atoms with Crippen molar-refractivity contribution in [1.29, 1.82) is 0 Å². The molecular formula is C13H28O5SSi. The number of hydrogen-bond donors (Lipinski definition) is 0. The van der Waals surface area contributed by atoms with Crippen LogP contribution in [0, 0.1) is 0 Å². The molecule has 0 aliphatic heterocycles. The largest absolute Gasteiger partial charge is 0.500 e. The number of carbonyl (C=O) groups is 1. The number of carbonyl (C=O) groups excluding carboxylic acids is 1. The first-order chi connectivity index (χ1) is 9.64. The molecule has 0 heterocycles. The van der Waals surface area contributed by atoms with E-state index >= 15 is 0 Å². The Balaban J connectivity index is 4.08. The van der Waals surface area contributed by atoms with E-state index in [0.717, 1.165) is 18.2 Å². The number of ether oxygens (including phenoxy) is 1. The van der Waals surface area contributed by atoms with Gasteiger partial charge in [0.05, 0.1) is 0 Å². The van der Waals surface area contributed by atoms with E-state index in [9.17, 15) is 4.79 Å². The molecule has 0 saturated carbocycles. The highest BCUT2D eigenvalue weighted by atomic mass is 32.2. The Labute approximate surface area is 128 Å². The van der Waals surface area contributed by atoms with Crippen molar-refractivity contribution >= 4 is 25.7 Å². The van der Waals surface area contributed by atoms with Crippen LogP contribution in [0.2, 0.25) is 6.04 Å². The van der Waals surface area contributed by atoms with Gasteiger partial charge >= 0.3 is 8.80 Å². The van der Waals surface area contributed by atoms with Gasteiger partial charge in [-0.1, -0.05) is 11.8 Å². The summed E-state index contributed by atoms with van der Waals surface area (Å²) in [6.07, 6.45) is 0.842. The summed E-state index contributed by atoms with van der Waals surface area (Å²) >= 11 is 1.30. The van der Waals surface area contributed by atoms with Crippen LogP contribution in [0.3, 0.4) is 0 Å². The summed E-state index contributed by atoms with van der Waals surface area (Å²) in [7, 11) is -2.55. The zero-order valence-corrected chi connectivity index (χ0v) is 14.9. The molecule has 0 fully saturated rings. The SMILES string of the molecule is CCOCC(=O)SCCC[Si](OCC)(OCC)OCC. The summed E-state index contributed by atoms with van der Waals surface area (Å²) in [5, 5.41) is 0.0725. The first-order valence-corrected chi connectivity index (χ1v) is 10.2. The maximum atomic E-state index is 11.5. The molecule has 0 unspecified atom stereocenters. The molecule has 0 bridgehead atoms. The van der Waals surface area contributed by atoms with E-state index in [2.05, 4.69) is 0 Å². The quantitative estimate of drug-likeness (QED) is 0.383. The molecule has 0 aromatic carbocycles. The molecule has 0 amide bonds. The first kappa shape index (κ1) is 20.1. The van der Waals surface area contributed by atoms with Gasteiger partial charge in [0.15, 0.2) is 0 Å². The molecule has 0 spiro atoms. The average Bonchev–Trinajstić information content (AvgIpc) is 2.42. The van der Waals surface area contributed by atoms with Crippen LogP contribution in [-0.4, -0.2) is 52.7 Å². The van der Waals surface area contributed by atoms with E-state index in [-0.39, 0.29) is 11.7 Å². The van der Waals surface area contributed by atoms with Crippen LogP contribution < -0.4 is 0 Å². The van der Waals surface area contributed by atoms with Gasteiger partial charge in [0.25, 0.3) is 0 Å². The Bertz CT molecular complexity index is 236. The second-order valence-electron chi connectivity index (χ2n) is 3.94. The van der Waals surface area contributed by atoms with Crippen molar-refractivity contribution in [3.05, 3.63) is 0 Å². The van der Waals surface area contributed by atoms with Crippen LogP contribution in [0.4, 0.5) is 0 Å². The van der Waals surface area contributed by atoms with E-state index in [1.807, 2.05) is 27.7 Å². The third-order valence-electron chi connectivity index (χ3n) is 2.41. The molecule has 7 heteroatoms. The van der Waals surface area contributed by atoms with Crippen LogP contribution in [0.1, 0.15) is 34.1 Å². The topological polar surface area (TPSA) is 54.0 Å². The molecule has 0 aromatic heterocycles. The van der Waals surface area contributed by atoms with E-state index in [4.69, 9.17) is 18.0 Å². The molecule has 5 nitrogen and oxygen atoms in total. The van der Waals surface area contributed by atoms with E-state index < -0.39 is 8.80 Å². The van der Waals surface area contributed by atoms with Crippen molar-refractivity contribution in [2.45, 2.75) is 40.2 Å². The molecule has 0 aliphatic rings. The first-order valence-electron chi connectivity index (χ1n) is 7.29. The Morgan fingerprint density at radius 2 is 1.50 bits per heavy atom. The molecule has 0 rings (SSSR count). The number of hydrogen-bond acceptors (Lipinski definition) is 6. The van der Waals surface area contributed by atoms with Gasteiger partial charge in [-0.05, 0) is 34.1 Å². The standard InChI is InChI=1S/C13H28O5SSi/c1-5-15-12-13(14)19-10-9-11-20(16-6-2,17-7-3)18-8-4/h5-12H2,1-4H3. The minimum absolute atomic E-state index is 0.0725. The molecule has 0 aliphatic carbocycles. The predicted molar refractivity (Wildman–Crippen MR) is 84.0 cm³/mol. The van der Waals surface area contributed by atoms with E-state index in [1.54, 1.807) is 0 Å². The summed E-state index contributed by atoms with van der Waals surface area (Å²) < 4.78 is 22.3. The second kappa shape index (κ2) is 12.8. The third-order valence-corrected chi connectivity index (χ3v) is 6.49. The van der Waals surface area contributed by atoms with Crippen LogP contribution in [0.25, 0.3) is 0 Å². The van der Waals surface area contributed by atoms with Crippen LogP contribution in [-0.2, 0) is 22.8 Å². The highest BCUT2D eigenvalue weighted by Gasteiger charge is 2.39. The maximum Gasteiger partial charge on any atom is 0.500 e. The third kappa shape index (κ3) is 9.09. The summed E-state index contributed by atoms with van der Waals surface area (Å²) in [6, 6.07) is 0.747. The predicted octanol–water partition coefficient (Wildman–Crippen LogP) is 2.72. The van der Waals surface area contributed by atoms with Crippen molar-refractivity contribution in [3.63, 3.8) is 0 Å². The number of rotatable bonds is 13. The Morgan fingerprint density at radius 3 is 1.95 bits per heavy atom. The van der Waals surface area contributed by atoms with Gasteiger partial charge in [0.1, 0.15) is 6.61 Å². The van der Waals surface area contributed by atoms with Gasteiger partial charge in [-0.25, -0.2) is 0 Å². The normalized spacial score (nSPS) is 11.8. The Hall–Kier alpha value is 0.0769. The van der Waals surface area contributed by atoms with Gasteiger partial charge in [-0.15, -0.1) is 0 Å². The zero-order valence-electron chi connectivity index (χ0n) is 13.1. The molecular weight excluding hydrogens is 296 g/mol. The minimum atomic E-state index is -2.55. The smallest absolute Gasteiger partial charge is 0.374 e. The van der Waals surface area contributed by atoms with E-state index in [1.165, 1.54) is 11.8 Å². The molecule has 0 radical (unpaired) electrons. The fourth-order valence-electron chi connectivity index (χ4n) is 1.70. The fourth-order valence-corrected chi connectivity index (χ4v) is 5.25. The van der Waals surface area contributed by atoms with Crippen LogP contribution in [0.15, 0.2) is 0 Å². The van der Waals surface area contributed by atoms with Gasteiger partial charge in [0.2, 0.25) is 5.12 Å². The van der Waals surface area contributed by atoms with Crippen molar-refractivity contribution in [2.75, 3.05) is 38.8 Å². The molecule has 20 heavy (non-hydrogen) atoms. The molecule has 120 valence electrons. The van der Waals surface area contributed by atoms with E-state index in [0.29, 0.717) is 26.4 Å². The summed E-state index contributed by atoms with van der Waals surface area (Å²) in [4.78, 5) is 11.5. The van der Waals surface area contributed by atoms with Gasteiger partial charge in [-0.2, -0.15) is 0 Å². The fraction of sp³-hybridized carbons (Fsp3) is 0.923. The van der Waals surface area contributed by atoms with Gasteiger partial charge in [-0.3, -0.25) is 4.79 Å². The lowest BCUT2D eigenvalue weighted by Gasteiger charge is -2.28. The average molecular weight is 325 g/mol. The summed E-state index contributed by atoms with van der Waals surface area (Å²) in [5.41, 5.74) is 0. The lowest BCUT2D eigenvalue weighted by atomic mass is 10.6. The van der Waals surface area contributed by atoms with Crippen molar-refractivity contribution in [2.24, 2.45) is 0 Å². The monoisotopic (exact) mass is 324 g/mol. The lowest BCUT2D eigenvalue weighted by molar-refractivity contribution is -0.114. The Kier molecular flexibility index (Phi) is 12.8. The van der Waals surface area contributed by atoms with Crippen molar-refractivity contribution in [1.82, 2.24) is 0 Å². The highest BCUT2D eigenvalue weighted by molar-refractivity contribution is 8.13. The number of thioether (sulfide) groups is 1. The van der Waals surface area contributed by atoms with Crippen LogP contribution in [0.5, 0.6) is 0 Å². The minimum Gasteiger partial charge on any atom is -0.374 e. The molecule has 0 aromatic rings. The van der Waals surface area contributed by atoms with Gasteiger partial charge < -0.3 is 18.0 Å². The molecule has 0 saturated heterocycles. The highest BCUT2D eigenvalue weighted by Crippen LogP contribution is 2.20. The summed E-state index contributed by atoms with van der Waals surface area (Å²) in [5.74, 6) is 0.744. The summed E-state index contributed by atoms with van der Waals surface area (Å²) in [6.45, 7) is 10.2. The molecule has 0 N–H and O–H groups in total. The van der Waals surface area contributed by atoms with Crippen molar-refractivity contribution in [3.8, 4) is 0 Å². The van der Waals surface area contributed by atoms with Crippen LogP contribution >= 0.6 is 11.8 Å². The second-order valence-corrected chi connectivity index (χ2v) is 7.83. The van der Waals surface area contributed by atoms with Crippen molar-refractivity contribution < 1.29 is 22.8 Å². The zero-order chi connectivity index (χ0) is 15.3. The Morgan fingerprint density at radius 1 is 0.950 bits per heavy atom.